The summed E-state index contributed by atoms with van der Waals surface area (Å²) in [6.07, 6.45) is 0. The van der Waals surface area contributed by atoms with Crippen molar-refractivity contribution in [2.45, 2.75) is 19.8 Å². The molecular formula is C30H23ClN4O3. The normalized spacial score (nSPS) is 16.7. The number of ether oxygens (including phenoxy) is 1. The molecule has 6 rings (SSSR count). The molecule has 1 aliphatic heterocycles. The molecule has 1 amide bonds. The minimum absolute atomic E-state index is 0.217. The van der Waals surface area contributed by atoms with Crippen molar-refractivity contribution < 1.29 is 14.3 Å². The van der Waals surface area contributed by atoms with Gasteiger partial charge in [0, 0.05) is 22.6 Å². The molecule has 0 spiro atoms. The van der Waals surface area contributed by atoms with Gasteiger partial charge in [-0.05, 0) is 55.8 Å². The number of esters is 1. The van der Waals surface area contributed by atoms with Crippen LogP contribution in [0, 0.1) is 19.8 Å². The Kier molecular flexibility index (Phi) is 5.93. The number of carbonyl (C=O) groups is 2. The lowest BCUT2D eigenvalue weighted by Gasteiger charge is -2.30. The molecule has 0 aliphatic carbocycles. The molecule has 7 nitrogen and oxygen atoms in total. The third kappa shape index (κ3) is 4.11. The highest BCUT2D eigenvalue weighted by atomic mass is 35.5. The highest BCUT2D eigenvalue weighted by Crippen LogP contribution is 2.47. The van der Waals surface area contributed by atoms with Crippen LogP contribution in [0.3, 0.4) is 0 Å². The first-order valence-electron chi connectivity index (χ1n) is 12.2. The number of benzene rings is 3. The summed E-state index contributed by atoms with van der Waals surface area (Å²) in [5.74, 6) is -2.89. The summed E-state index contributed by atoms with van der Waals surface area (Å²) in [7, 11) is 0. The van der Waals surface area contributed by atoms with E-state index in [2.05, 4.69) is 10.3 Å². The van der Waals surface area contributed by atoms with Gasteiger partial charge in [-0.2, -0.15) is 5.10 Å². The number of para-hydroxylation sites is 2. The van der Waals surface area contributed by atoms with Gasteiger partial charge in [-0.3, -0.25) is 9.59 Å². The number of fused-ring (bicyclic) bond motifs is 2. The second-order valence-corrected chi connectivity index (χ2v) is 9.70. The van der Waals surface area contributed by atoms with E-state index < -0.39 is 23.7 Å². The minimum Gasteiger partial charge on any atom is -0.406 e. The van der Waals surface area contributed by atoms with E-state index in [4.69, 9.17) is 21.4 Å². The van der Waals surface area contributed by atoms with Crippen LogP contribution in [0.1, 0.15) is 28.3 Å². The first-order chi connectivity index (χ1) is 18.4. The lowest BCUT2D eigenvalue weighted by atomic mass is 9.78. The van der Waals surface area contributed by atoms with Crippen molar-refractivity contribution >= 4 is 40.1 Å². The Hall–Kier alpha value is -4.49. The Morgan fingerprint density at radius 1 is 0.974 bits per heavy atom. The zero-order chi connectivity index (χ0) is 26.4. The Labute approximate surface area is 224 Å². The van der Waals surface area contributed by atoms with Crippen LogP contribution in [0.25, 0.3) is 16.6 Å². The molecule has 1 N–H and O–H groups in total. The zero-order valence-corrected chi connectivity index (χ0v) is 21.4. The molecule has 0 saturated carbocycles. The number of halogens is 1. The SMILES string of the molecule is Cc1ccc(NC(=O)C2C(=O)Oc3c(c(C)nn3-c3ccccc3)C2c2cc3ccccc3nc2Cl)cc1. The van der Waals surface area contributed by atoms with E-state index in [-0.39, 0.29) is 11.0 Å². The van der Waals surface area contributed by atoms with Crippen molar-refractivity contribution in [2.75, 3.05) is 5.32 Å². The summed E-state index contributed by atoms with van der Waals surface area (Å²) in [6, 6.07) is 26.2. The van der Waals surface area contributed by atoms with Gasteiger partial charge in [-0.15, -0.1) is 0 Å². The van der Waals surface area contributed by atoms with Gasteiger partial charge in [-0.1, -0.05) is 65.7 Å². The van der Waals surface area contributed by atoms with Crippen LogP contribution in [0.2, 0.25) is 5.15 Å². The molecule has 2 unspecified atom stereocenters. The van der Waals surface area contributed by atoms with Crippen molar-refractivity contribution in [1.29, 1.82) is 0 Å². The van der Waals surface area contributed by atoms with Gasteiger partial charge in [0.2, 0.25) is 11.8 Å². The number of hydrogen-bond donors (Lipinski definition) is 1. The molecule has 5 aromatic rings. The number of anilines is 1. The van der Waals surface area contributed by atoms with Crippen molar-refractivity contribution in [3.63, 3.8) is 0 Å². The molecular weight excluding hydrogens is 500 g/mol. The molecule has 2 atom stereocenters. The number of nitrogens with one attached hydrogen (secondary N) is 1. The molecule has 38 heavy (non-hydrogen) atoms. The van der Waals surface area contributed by atoms with Gasteiger partial charge in [0.1, 0.15) is 11.1 Å². The lowest BCUT2D eigenvalue weighted by Crippen LogP contribution is -2.41. The highest BCUT2D eigenvalue weighted by Gasteiger charge is 2.47. The molecule has 2 aromatic heterocycles. The Morgan fingerprint density at radius 2 is 1.68 bits per heavy atom. The average molecular weight is 523 g/mol. The molecule has 3 aromatic carbocycles. The molecule has 0 bridgehead atoms. The number of rotatable bonds is 4. The maximum Gasteiger partial charge on any atom is 0.326 e. The Morgan fingerprint density at radius 3 is 2.45 bits per heavy atom. The van der Waals surface area contributed by atoms with Gasteiger partial charge in [0.05, 0.1) is 16.9 Å². The maximum absolute atomic E-state index is 13.7. The third-order valence-corrected chi connectivity index (χ3v) is 7.10. The largest absolute Gasteiger partial charge is 0.406 e. The van der Waals surface area contributed by atoms with Crippen LogP contribution in [0.5, 0.6) is 5.88 Å². The number of aromatic nitrogens is 3. The van der Waals surface area contributed by atoms with Crippen molar-refractivity contribution in [1.82, 2.24) is 14.8 Å². The fourth-order valence-corrected chi connectivity index (χ4v) is 5.22. The van der Waals surface area contributed by atoms with E-state index in [0.29, 0.717) is 22.5 Å². The molecule has 188 valence electrons. The zero-order valence-electron chi connectivity index (χ0n) is 20.7. The molecule has 0 saturated heterocycles. The lowest BCUT2D eigenvalue weighted by molar-refractivity contribution is -0.145. The van der Waals surface area contributed by atoms with Crippen LogP contribution < -0.4 is 10.1 Å². The highest BCUT2D eigenvalue weighted by molar-refractivity contribution is 6.31. The Bertz CT molecular complexity index is 1700. The van der Waals surface area contributed by atoms with E-state index >= 15 is 0 Å². The molecule has 0 radical (unpaired) electrons. The van der Waals surface area contributed by atoms with Gasteiger partial charge >= 0.3 is 5.97 Å². The van der Waals surface area contributed by atoms with Crippen molar-refractivity contribution in [3.05, 3.63) is 112 Å². The number of hydrogen-bond acceptors (Lipinski definition) is 5. The summed E-state index contributed by atoms with van der Waals surface area (Å²) in [6.45, 7) is 3.80. The quantitative estimate of drug-likeness (QED) is 0.178. The van der Waals surface area contributed by atoms with Crippen molar-refractivity contribution in [3.8, 4) is 11.6 Å². The summed E-state index contributed by atoms with van der Waals surface area (Å²) < 4.78 is 7.43. The molecule has 3 heterocycles. The van der Waals surface area contributed by atoms with E-state index in [1.165, 1.54) is 0 Å². The first-order valence-corrected chi connectivity index (χ1v) is 12.6. The van der Waals surface area contributed by atoms with Gasteiger partial charge < -0.3 is 10.1 Å². The van der Waals surface area contributed by atoms with Gasteiger partial charge in [-0.25, -0.2) is 9.67 Å². The fourth-order valence-electron chi connectivity index (χ4n) is 4.96. The topological polar surface area (TPSA) is 86.1 Å². The molecule has 0 fully saturated rings. The van der Waals surface area contributed by atoms with E-state index in [1.807, 2.05) is 86.6 Å². The first kappa shape index (κ1) is 23.9. The van der Waals surface area contributed by atoms with Crippen LogP contribution >= 0.6 is 11.6 Å². The minimum atomic E-state index is -1.21. The standard InChI is InChI=1S/C30H23ClN4O3/c1-17-12-14-20(15-13-17)32-28(36)26-25(22-16-19-8-6-7-11-23(19)33-27(22)31)24-18(2)34-35(29(24)38-30(26)37)21-9-4-3-5-10-21/h3-16,25-26H,1-2H3,(H,32,36). The number of nitrogens with zero attached hydrogens (tertiary/aromatic N) is 3. The number of pyridine rings is 1. The smallest absolute Gasteiger partial charge is 0.326 e. The molecule has 8 heteroatoms. The summed E-state index contributed by atoms with van der Waals surface area (Å²) in [5.41, 5.74) is 4.89. The summed E-state index contributed by atoms with van der Waals surface area (Å²) in [4.78, 5) is 31.9. The van der Waals surface area contributed by atoms with Crippen molar-refractivity contribution in [2.24, 2.45) is 5.92 Å². The maximum atomic E-state index is 13.7. The number of amides is 1. The van der Waals surface area contributed by atoms with Crippen LogP contribution in [-0.4, -0.2) is 26.6 Å². The predicted octanol–water partition coefficient (Wildman–Crippen LogP) is 6.00. The average Bonchev–Trinajstić information content (AvgIpc) is 3.25. The third-order valence-electron chi connectivity index (χ3n) is 6.80. The summed E-state index contributed by atoms with van der Waals surface area (Å²) >= 11 is 6.75. The second kappa shape index (κ2) is 9.43. The van der Waals surface area contributed by atoms with E-state index in [0.717, 1.165) is 22.2 Å². The monoisotopic (exact) mass is 522 g/mol. The Balaban J connectivity index is 1.54. The van der Waals surface area contributed by atoms with Crippen LogP contribution in [0.4, 0.5) is 5.69 Å². The van der Waals surface area contributed by atoms with Gasteiger partial charge in [0.25, 0.3) is 0 Å². The van der Waals surface area contributed by atoms with Gasteiger partial charge in [0.15, 0.2) is 0 Å². The number of aryl methyl sites for hydroxylation is 2. The summed E-state index contributed by atoms with van der Waals surface area (Å²) in [5, 5.41) is 8.64. The van der Waals surface area contributed by atoms with Crippen LogP contribution in [-0.2, 0) is 9.59 Å². The second-order valence-electron chi connectivity index (χ2n) is 9.34. The van der Waals surface area contributed by atoms with E-state index in [1.54, 1.807) is 16.8 Å². The number of carbonyl (C=O) groups excluding carboxylic acids is 2. The fraction of sp³-hybridized carbons (Fsp3) is 0.133. The van der Waals surface area contributed by atoms with E-state index in [9.17, 15) is 9.59 Å². The molecule has 1 aliphatic rings. The van der Waals surface area contributed by atoms with Crippen LogP contribution in [0.15, 0.2) is 84.9 Å². The predicted molar refractivity (Wildman–Crippen MR) is 146 cm³/mol.